The van der Waals surface area contributed by atoms with E-state index in [1.54, 1.807) is 6.08 Å². The van der Waals surface area contributed by atoms with Gasteiger partial charge in [-0.05, 0) is 45.1 Å². The summed E-state index contributed by atoms with van der Waals surface area (Å²) in [5.41, 5.74) is 1.88. The normalized spacial score (nSPS) is 13.3. The van der Waals surface area contributed by atoms with Gasteiger partial charge in [0.1, 0.15) is 12.6 Å². The van der Waals surface area contributed by atoms with Crippen molar-refractivity contribution >= 4 is 18.5 Å². The lowest BCUT2D eigenvalue weighted by molar-refractivity contribution is -0.136. The summed E-state index contributed by atoms with van der Waals surface area (Å²) < 4.78 is 4.68. The summed E-state index contributed by atoms with van der Waals surface area (Å²) in [5, 5.41) is 0. The van der Waals surface area contributed by atoms with Crippen LogP contribution >= 0.6 is 0 Å². The van der Waals surface area contributed by atoms with E-state index in [9.17, 15) is 9.59 Å². The SMILES string of the molecule is C=CC1=C(C(=O)OC)CCCC1.C=O.CC(C)=O. The van der Waals surface area contributed by atoms with Gasteiger partial charge in [-0.2, -0.15) is 0 Å². The number of hydrogen-bond acceptors (Lipinski definition) is 4. The van der Waals surface area contributed by atoms with Gasteiger partial charge in [-0.1, -0.05) is 12.7 Å². The molecule has 0 unspecified atom stereocenters. The third-order valence-electron chi connectivity index (χ3n) is 2.19. The number of carbonyl (C=O) groups excluding carboxylic acids is 3. The van der Waals surface area contributed by atoms with Crippen LogP contribution in [0.15, 0.2) is 23.8 Å². The van der Waals surface area contributed by atoms with Crippen LogP contribution in [0.4, 0.5) is 0 Å². The highest BCUT2D eigenvalue weighted by molar-refractivity contribution is 5.90. The standard InChI is InChI=1S/C10H14O2.C3H6O.CH2O/c1-3-8-6-4-5-7-9(8)10(11)12-2;1-3(2)4;1-2/h3H,1,4-7H2,2H3;1-2H3;1H2. The number of hydrogen-bond donors (Lipinski definition) is 0. The summed E-state index contributed by atoms with van der Waals surface area (Å²) in [6.45, 7) is 8.74. The van der Waals surface area contributed by atoms with Crippen molar-refractivity contribution in [3.05, 3.63) is 23.8 Å². The van der Waals surface area contributed by atoms with E-state index >= 15 is 0 Å². The Morgan fingerprint density at radius 2 is 1.61 bits per heavy atom. The van der Waals surface area contributed by atoms with Crippen molar-refractivity contribution < 1.29 is 19.1 Å². The monoisotopic (exact) mass is 254 g/mol. The molecule has 0 bridgehead atoms. The molecule has 0 aromatic carbocycles. The number of methoxy groups -OCH3 is 1. The fourth-order valence-corrected chi connectivity index (χ4v) is 1.51. The molecule has 0 saturated carbocycles. The van der Waals surface area contributed by atoms with Crippen LogP contribution in [0.1, 0.15) is 39.5 Å². The molecule has 0 aromatic rings. The van der Waals surface area contributed by atoms with Crippen LogP contribution in [0.2, 0.25) is 0 Å². The fraction of sp³-hybridized carbons (Fsp3) is 0.500. The summed E-state index contributed by atoms with van der Waals surface area (Å²) in [7, 11) is 1.42. The quantitative estimate of drug-likeness (QED) is 0.711. The van der Waals surface area contributed by atoms with Crippen LogP contribution < -0.4 is 0 Å². The summed E-state index contributed by atoms with van der Waals surface area (Å²) in [6, 6.07) is 0. The van der Waals surface area contributed by atoms with Crippen molar-refractivity contribution in [1.29, 1.82) is 0 Å². The molecule has 0 heterocycles. The third-order valence-corrected chi connectivity index (χ3v) is 2.19. The second-order valence-corrected chi connectivity index (χ2v) is 3.81. The van der Waals surface area contributed by atoms with Gasteiger partial charge in [0.05, 0.1) is 7.11 Å². The largest absolute Gasteiger partial charge is 0.466 e. The second kappa shape index (κ2) is 11.8. The van der Waals surface area contributed by atoms with E-state index in [2.05, 4.69) is 11.3 Å². The van der Waals surface area contributed by atoms with Gasteiger partial charge in [0, 0.05) is 5.57 Å². The molecule has 102 valence electrons. The van der Waals surface area contributed by atoms with Crippen molar-refractivity contribution in [2.45, 2.75) is 39.5 Å². The molecule has 0 amide bonds. The number of ether oxygens (including phenoxy) is 1. The number of esters is 1. The molecule has 0 aromatic heterocycles. The molecule has 1 aliphatic rings. The first-order valence-corrected chi connectivity index (χ1v) is 5.71. The van der Waals surface area contributed by atoms with Crippen LogP contribution in [0.3, 0.4) is 0 Å². The molecule has 4 heteroatoms. The molecule has 0 aliphatic heterocycles. The zero-order valence-corrected chi connectivity index (χ0v) is 11.5. The maximum Gasteiger partial charge on any atom is 0.333 e. The molecule has 0 spiro atoms. The number of Topliss-reactive ketones (excluding diaryl/α,β-unsaturated/α-hetero) is 1. The number of ketones is 1. The Morgan fingerprint density at radius 3 is 2.00 bits per heavy atom. The van der Waals surface area contributed by atoms with E-state index in [4.69, 9.17) is 4.79 Å². The lowest BCUT2D eigenvalue weighted by Gasteiger charge is -2.15. The van der Waals surface area contributed by atoms with E-state index < -0.39 is 0 Å². The van der Waals surface area contributed by atoms with Crippen molar-refractivity contribution in [3.63, 3.8) is 0 Å². The molecule has 0 radical (unpaired) electrons. The first kappa shape index (κ1) is 18.6. The maximum atomic E-state index is 11.2. The summed E-state index contributed by atoms with van der Waals surface area (Å²) in [5.74, 6) is -0.0235. The average Bonchev–Trinajstić information content (AvgIpc) is 2.39. The van der Waals surface area contributed by atoms with Crippen LogP contribution in [0, 0.1) is 0 Å². The van der Waals surface area contributed by atoms with Gasteiger partial charge in [0.25, 0.3) is 0 Å². The molecule has 0 saturated heterocycles. The number of carbonyl (C=O) groups is 3. The van der Waals surface area contributed by atoms with Gasteiger partial charge < -0.3 is 14.3 Å². The van der Waals surface area contributed by atoms with Gasteiger partial charge in [0.15, 0.2) is 0 Å². The van der Waals surface area contributed by atoms with Crippen LogP contribution in [-0.2, 0) is 19.1 Å². The van der Waals surface area contributed by atoms with E-state index in [0.29, 0.717) is 0 Å². The highest BCUT2D eigenvalue weighted by Gasteiger charge is 2.17. The average molecular weight is 254 g/mol. The van der Waals surface area contributed by atoms with Crippen molar-refractivity contribution in [1.82, 2.24) is 0 Å². The number of rotatable bonds is 2. The summed E-state index contributed by atoms with van der Waals surface area (Å²) >= 11 is 0. The minimum absolute atomic E-state index is 0.167. The van der Waals surface area contributed by atoms with Crippen molar-refractivity contribution in [2.24, 2.45) is 0 Å². The van der Waals surface area contributed by atoms with E-state index in [1.807, 2.05) is 6.79 Å². The van der Waals surface area contributed by atoms with E-state index in [1.165, 1.54) is 21.0 Å². The predicted molar refractivity (Wildman–Crippen MR) is 71.2 cm³/mol. The first-order valence-electron chi connectivity index (χ1n) is 5.71. The van der Waals surface area contributed by atoms with Crippen LogP contribution in [0.5, 0.6) is 0 Å². The fourth-order valence-electron chi connectivity index (χ4n) is 1.51. The molecular formula is C14H22O4. The molecule has 1 rings (SSSR count). The summed E-state index contributed by atoms with van der Waals surface area (Å²) in [4.78, 5) is 28.7. The van der Waals surface area contributed by atoms with Crippen LogP contribution in [-0.4, -0.2) is 25.7 Å². The minimum atomic E-state index is -0.190. The van der Waals surface area contributed by atoms with Crippen molar-refractivity contribution in [3.8, 4) is 0 Å². The molecule has 0 N–H and O–H groups in total. The lowest BCUT2D eigenvalue weighted by Crippen LogP contribution is -2.10. The van der Waals surface area contributed by atoms with Gasteiger partial charge in [-0.15, -0.1) is 0 Å². The number of allylic oxidation sites excluding steroid dienone is 2. The second-order valence-electron chi connectivity index (χ2n) is 3.81. The van der Waals surface area contributed by atoms with Gasteiger partial charge >= 0.3 is 5.97 Å². The molecule has 4 nitrogen and oxygen atoms in total. The third kappa shape index (κ3) is 8.44. The maximum absolute atomic E-state index is 11.2. The Bertz CT molecular complexity index is 312. The molecule has 1 aliphatic carbocycles. The first-order chi connectivity index (χ1) is 8.52. The highest BCUT2D eigenvalue weighted by Crippen LogP contribution is 2.25. The Labute approximate surface area is 109 Å². The zero-order chi connectivity index (χ0) is 14.6. The predicted octanol–water partition coefficient (Wildman–Crippen LogP) is 2.63. The Hall–Kier alpha value is -1.71. The summed E-state index contributed by atoms with van der Waals surface area (Å²) in [6.07, 6.45) is 5.82. The minimum Gasteiger partial charge on any atom is -0.466 e. The topological polar surface area (TPSA) is 60.4 Å². The highest BCUT2D eigenvalue weighted by atomic mass is 16.5. The molecular weight excluding hydrogens is 232 g/mol. The van der Waals surface area contributed by atoms with Gasteiger partial charge in [0.2, 0.25) is 0 Å². The molecule has 0 atom stereocenters. The Kier molecular flexibility index (Phi) is 12.2. The molecule has 18 heavy (non-hydrogen) atoms. The zero-order valence-electron chi connectivity index (χ0n) is 11.5. The van der Waals surface area contributed by atoms with E-state index in [0.717, 1.165) is 36.8 Å². The van der Waals surface area contributed by atoms with Crippen LogP contribution in [0.25, 0.3) is 0 Å². The smallest absolute Gasteiger partial charge is 0.333 e. The Balaban J connectivity index is 0. The van der Waals surface area contributed by atoms with E-state index in [-0.39, 0.29) is 11.8 Å². The lowest BCUT2D eigenvalue weighted by atomic mass is 9.92. The van der Waals surface area contributed by atoms with Gasteiger partial charge in [-0.25, -0.2) is 4.79 Å². The van der Waals surface area contributed by atoms with Crippen molar-refractivity contribution in [2.75, 3.05) is 7.11 Å². The van der Waals surface area contributed by atoms with Gasteiger partial charge in [-0.3, -0.25) is 0 Å². The Morgan fingerprint density at radius 1 is 1.17 bits per heavy atom. The molecule has 0 fully saturated rings.